The van der Waals surface area contributed by atoms with E-state index < -0.39 is 0 Å². The van der Waals surface area contributed by atoms with Crippen molar-refractivity contribution >= 4 is 18.2 Å². The first-order valence-corrected chi connectivity index (χ1v) is 6.40. The lowest BCUT2D eigenvalue weighted by atomic mass is 10.1. The van der Waals surface area contributed by atoms with Crippen LogP contribution in [0.5, 0.6) is 17.2 Å². The molecule has 21 heavy (non-hydrogen) atoms. The van der Waals surface area contributed by atoms with E-state index in [-0.39, 0.29) is 30.3 Å². The molecule has 0 aliphatic rings. The molecular formula is C15H24ClNO4. The summed E-state index contributed by atoms with van der Waals surface area (Å²) in [4.78, 5) is 12.2. The van der Waals surface area contributed by atoms with Gasteiger partial charge in [0, 0.05) is 11.1 Å². The third-order valence-corrected chi connectivity index (χ3v) is 2.77. The predicted molar refractivity (Wildman–Crippen MR) is 85.4 cm³/mol. The van der Waals surface area contributed by atoms with Gasteiger partial charge in [0.05, 0.1) is 27.9 Å². The van der Waals surface area contributed by atoms with Crippen LogP contribution in [0.4, 0.5) is 0 Å². The molecule has 1 N–H and O–H groups in total. The van der Waals surface area contributed by atoms with E-state index in [4.69, 9.17) is 14.2 Å². The van der Waals surface area contributed by atoms with Gasteiger partial charge < -0.3 is 19.5 Å². The van der Waals surface area contributed by atoms with E-state index in [1.807, 2.05) is 20.8 Å². The number of carbonyl (C=O) groups excluding carboxylic acids is 1. The molecule has 6 heteroatoms. The van der Waals surface area contributed by atoms with Crippen molar-refractivity contribution in [1.29, 1.82) is 0 Å². The van der Waals surface area contributed by atoms with Crippen molar-refractivity contribution < 1.29 is 19.0 Å². The lowest BCUT2D eigenvalue weighted by Crippen LogP contribution is -2.39. The van der Waals surface area contributed by atoms with Crippen LogP contribution >= 0.6 is 12.4 Å². The second-order valence-electron chi connectivity index (χ2n) is 5.44. The van der Waals surface area contributed by atoms with E-state index in [0.29, 0.717) is 22.8 Å². The fourth-order valence-electron chi connectivity index (χ4n) is 1.69. The van der Waals surface area contributed by atoms with Crippen molar-refractivity contribution in [3.8, 4) is 17.2 Å². The summed E-state index contributed by atoms with van der Waals surface area (Å²) in [7, 11) is 4.58. The Morgan fingerprint density at radius 2 is 1.52 bits per heavy atom. The maximum Gasteiger partial charge on any atom is 0.203 e. The highest BCUT2D eigenvalue weighted by Gasteiger charge is 2.18. The molecule has 0 unspecified atom stereocenters. The summed E-state index contributed by atoms with van der Waals surface area (Å²) in [5.74, 6) is 1.41. The molecule has 0 saturated heterocycles. The SMILES string of the molecule is COc1cc(C(=O)CNC(C)(C)C)cc(OC)c1OC.Cl. The van der Waals surface area contributed by atoms with Gasteiger partial charge in [-0.05, 0) is 32.9 Å². The third-order valence-electron chi connectivity index (χ3n) is 2.77. The van der Waals surface area contributed by atoms with Crippen molar-refractivity contribution in [2.45, 2.75) is 26.3 Å². The van der Waals surface area contributed by atoms with Gasteiger partial charge in [-0.2, -0.15) is 0 Å². The zero-order chi connectivity index (χ0) is 15.3. The van der Waals surface area contributed by atoms with Gasteiger partial charge in [-0.3, -0.25) is 4.79 Å². The Morgan fingerprint density at radius 3 is 1.86 bits per heavy atom. The number of hydrogen-bond donors (Lipinski definition) is 1. The fourth-order valence-corrected chi connectivity index (χ4v) is 1.69. The molecule has 1 aromatic rings. The molecule has 120 valence electrons. The zero-order valence-electron chi connectivity index (χ0n) is 13.4. The molecule has 0 bridgehead atoms. The Bertz CT molecular complexity index is 458. The second kappa shape index (κ2) is 8.10. The third kappa shape index (κ3) is 5.44. The first-order chi connectivity index (χ1) is 9.32. The van der Waals surface area contributed by atoms with Gasteiger partial charge in [0.15, 0.2) is 17.3 Å². The molecule has 5 nitrogen and oxygen atoms in total. The number of benzene rings is 1. The van der Waals surface area contributed by atoms with Crippen LogP contribution in [-0.4, -0.2) is 39.2 Å². The summed E-state index contributed by atoms with van der Waals surface area (Å²) < 4.78 is 15.7. The minimum Gasteiger partial charge on any atom is -0.493 e. The zero-order valence-corrected chi connectivity index (χ0v) is 14.2. The second-order valence-corrected chi connectivity index (χ2v) is 5.44. The smallest absolute Gasteiger partial charge is 0.203 e. The number of Topliss-reactive ketones (excluding diaryl/α,β-unsaturated/α-hetero) is 1. The number of methoxy groups -OCH3 is 3. The van der Waals surface area contributed by atoms with Gasteiger partial charge in [-0.1, -0.05) is 0 Å². The molecule has 0 spiro atoms. The highest BCUT2D eigenvalue weighted by atomic mass is 35.5. The summed E-state index contributed by atoms with van der Waals surface area (Å²) in [6, 6.07) is 3.32. The average Bonchev–Trinajstić information content (AvgIpc) is 2.42. The lowest BCUT2D eigenvalue weighted by Gasteiger charge is -2.20. The summed E-state index contributed by atoms with van der Waals surface area (Å²) in [5, 5.41) is 3.16. The topological polar surface area (TPSA) is 56.8 Å². The number of ether oxygens (including phenoxy) is 3. The molecular weight excluding hydrogens is 294 g/mol. The van der Waals surface area contributed by atoms with Gasteiger partial charge in [0.1, 0.15) is 0 Å². The number of carbonyl (C=O) groups is 1. The molecule has 1 aromatic carbocycles. The quantitative estimate of drug-likeness (QED) is 0.818. The van der Waals surface area contributed by atoms with Gasteiger partial charge in [0.25, 0.3) is 0 Å². The Morgan fingerprint density at radius 1 is 1.05 bits per heavy atom. The minimum atomic E-state index is -0.115. The number of hydrogen-bond acceptors (Lipinski definition) is 5. The molecule has 0 aliphatic carbocycles. The highest BCUT2D eigenvalue weighted by Crippen LogP contribution is 2.38. The van der Waals surface area contributed by atoms with E-state index in [1.165, 1.54) is 21.3 Å². The van der Waals surface area contributed by atoms with Crippen LogP contribution in [0.25, 0.3) is 0 Å². The molecule has 0 amide bonds. The van der Waals surface area contributed by atoms with Gasteiger partial charge in [-0.15, -0.1) is 12.4 Å². The van der Waals surface area contributed by atoms with E-state index in [0.717, 1.165) is 0 Å². The van der Waals surface area contributed by atoms with Crippen LogP contribution in [0.15, 0.2) is 12.1 Å². The lowest BCUT2D eigenvalue weighted by molar-refractivity contribution is 0.0981. The number of rotatable bonds is 6. The van der Waals surface area contributed by atoms with Crippen LogP contribution in [0.2, 0.25) is 0 Å². The van der Waals surface area contributed by atoms with Crippen LogP contribution in [0.1, 0.15) is 31.1 Å². The molecule has 0 aromatic heterocycles. The van der Waals surface area contributed by atoms with Crippen molar-refractivity contribution in [3.63, 3.8) is 0 Å². The molecule has 0 radical (unpaired) electrons. The summed E-state index contributed by atoms with van der Waals surface area (Å²) >= 11 is 0. The van der Waals surface area contributed by atoms with E-state index in [1.54, 1.807) is 12.1 Å². The summed E-state index contributed by atoms with van der Waals surface area (Å²) in [6.45, 7) is 6.28. The van der Waals surface area contributed by atoms with Gasteiger partial charge in [0.2, 0.25) is 5.75 Å². The van der Waals surface area contributed by atoms with Crippen LogP contribution in [-0.2, 0) is 0 Å². The Hall–Kier alpha value is -1.46. The number of halogens is 1. The maximum absolute atomic E-state index is 12.2. The Balaban J connectivity index is 0.00000400. The van der Waals surface area contributed by atoms with E-state index >= 15 is 0 Å². The molecule has 0 fully saturated rings. The van der Waals surface area contributed by atoms with Crippen molar-refractivity contribution in [3.05, 3.63) is 17.7 Å². The summed E-state index contributed by atoms with van der Waals surface area (Å²) in [6.07, 6.45) is 0. The molecule has 0 heterocycles. The number of ketones is 1. The maximum atomic E-state index is 12.2. The first-order valence-electron chi connectivity index (χ1n) is 6.40. The van der Waals surface area contributed by atoms with E-state index in [9.17, 15) is 4.79 Å². The first kappa shape index (κ1) is 19.5. The van der Waals surface area contributed by atoms with Crippen LogP contribution in [0, 0.1) is 0 Å². The Kier molecular flexibility index (Phi) is 7.53. The standard InChI is InChI=1S/C15H23NO4.ClH/c1-15(2,3)16-9-11(17)10-7-12(18-4)14(20-6)13(8-10)19-5;/h7-8,16H,9H2,1-6H3;1H. The largest absolute Gasteiger partial charge is 0.493 e. The normalized spacial score (nSPS) is 10.6. The van der Waals surface area contributed by atoms with Crippen molar-refractivity contribution in [2.75, 3.05) is 27.9 Å². The van der Waals surface area contributed by atoms with Crippen LogP contribution in [0.3, 0.4) is 0 Å². The fraction of sp³-hybridized carbons (Fsp3) is 0.533. The molecule has 0 atom stereocenters. The van der Waals surface area contributed by atoms with Crippen LogP contribution < -0.4 is 19.5 Å². The van der Waals surface area contributed by atoms with Crippen molar-refractivity contribution in [1.82, 2.24) is 5.32 Å². The molecule has 0 saturated carbocycles. The Labute approximate surface area is 132 Å². The molecule has 1 rings (SSSR count). The minimum absolute atomic E-state index is 0. The van der Waals surface area contributed by atoms with Gasteiger partial charge >= 0.3 is 0 Å². The monoisotopic (exact) mass is 317 g/mol. The van der Waals surface area contributed by atoms with Crippen molar-refractivity contribution in [2.24, 2.45) is 0 Å². The summed E-state index contributed by atoms with van der Waals surface area (Å²) in [5.41, 5.74) is 0.410. The highest BCUT2D eigenvalue weighted by molar-refractivity contribution is 5.98. The number of nitrogens with one attached hydrogen (secondary N) is 1. The average molecular weight is 318 g/mol. The predicted octanol–water partition coefficient (Wildman–Crippen LogP) is 2.71. The van der Waals surface area contributed by atoms with Gasteiger partial charge in [-0.25, -0.2) is 0 Å². The van der Waals surface area contributed by atoms with E-state index in [2.05, 4.69) is 5.32 Å². The molecule has 0 aliphatic heterocycles.